The Bertz CT molecular complexity index is 1010. The molecule has 0 unspecified atom stereocenters. The van der Waals surface area contributed by atoms with E-state index in [9.17, 15) is 4.79 Å². The number of ether oxygens (including phenoxy) is 3. The monoisotopic (exact) mass is 348 g/mol. The first kappa shape index (κ1) is 15.9. The van der Waals surface area contributed by atoms with Gasteiger partial charge >= 0.3 is 0 Å². The highest BCUT2D eigenvalue weighted by atomic mass is 16.7. The third kappa shape index (κ3) is 3.42. The summed E-state index contributed by atoms with van der Waals surface area (Å²) in [6.45, 7) is 0.717. The van der Waals surface area contributed by atoms with Gasteiger partial charge in [-0.2, -0.15) is 0 Å². The van der Waals surface area contributed by atoms with Crippen LogP contribution < -0.4 is 19.5 Å². The zero-order valence-electron chi connectivity index (χ0n) is 13.9. The lowest BCUT2D eigenvalue weighted by Gasteiger charge is -2.03. The van der Waals surface area contributed by atoms with E-state index in [-0.39, 0.29) is 25.9 Å². The molecule has 3 aromatic rings. The predicted molar refractivity (Wildman–Crippen MR) is 96.5 cm³/mol. The normalized spacial score (nSPS) is 11.7. The van der Waals surface area contributed by atoms with E-state index in [1.54, 1.807) is 24.3 Å². The predicted octanol–water partition coefficient (Wildman–Crippen LogP) is 2.71. The molecule has 1 aliphatic heterocycles. The molecule has 1 aliphatic rings. The van der Waals surface area contributed by atoms with Crippen LogP contribution in [-0.4, -0.2) is 30.8 Å². The summed E-state index contributed by atoms with van der Waals surface area (Å²) in [5, 5.41) is 3.77. The summed E-state index contributed by atoms with van der Waals surface area (Å²) >= 11 is 0. The quantitative estimate of drug-likeness (QED) is 0.711. The van der Waals surface area contributed by atoms with Crippen LogP contribution in [0.15, 0.2) is 48.7 Å². The molecule has 0 aliphatic carbocycles. The molecule has 0 spiro atoms. The Morgan fingerprint density at radius 2 is 2.04 bits per heavy atom. The van der Waals surface area contributed by atoms with Crippen molar-refractivity contribution < 1.29 is 19.0 Å². The fraction of sp³-hybridized carbons (Fsp3) is 0.150. The third-order valence-corrected chi connectivity index (χ3v) is 3.93. The minimum absolute atomic E-state index is 0.154. The average molecular weight is 348 g/mol. The zero-order chi connectivity index (χ0) is 17.8. The maximum atomic E-state index is 12.1. The molecule has 4 rings (SSSR count). The molecule has 26 heavy (non-hydrogen) atoms. The molecule has 1 aromatic heterocycles. The van der Waals surface area contributed by atoms with Crippen molar-refractivity contribution in [3.05, 3.63) is 54.2 Å². The molecule has 6 heteroatoms. The Labute approximate surface area is 150 Å². The van der Waals surface area contributed by atoms with E-state index in [1.807, 2.05) is 24.4 Å². The molecule has 2 N–H and O–H groups in total. The Kier molecular flexibility index (Phi) is 4.35. The van der Waals surface area contributed by atoms with Crippen LogP contribution in [0.2, 0.25) is 0 Å². The van der Waals surface area contributed by atoms with Gasteiger partial charge in [0.1, 0.15) is 12.4 Å². The van der Waals surface area contributed by atoms with Gasteiger partial charge in [0.15, 0.2) is 11.5 Å². The molecule has 2 heterocycles. The number of fused-ring (bicyclic) bond motifs is 2. The minimum atomic E-state index is -0.154. The highest BCUT2D eigenvalue weighted by molar-refractivity contribution is 5.98. The second-order valence-electron chi connectivity index (χ2n) is 5.62. The van der Waals surface area contributed by atoms with Gasteiger partial charge in [0, 0.05) is 28.7 Å². The largest absolute Gasteiger partial charge is 0.481 e. The Hall–Kier alpha value is -3.59. The van der Waals surface area contributed by atoms with Crippen LogP contribution in [0.4, 0.5) is 0 Å². The second-order valence-corrected chi connectivity index (χ2v) is 5.62. The van der Waals surface area contributed by atoms with Crippen LogP contribution in [0.5, 0.6) is 17.2 Å². The summed E-state index contributed by atoms with van der Waals surface area (Å²) in [4.78, 5) is 15.2. The van der Waals surface area contributed by atoms with Crippen LogP contribution in [-0.2, 0) is 0 Å². The van der Waals surface area contributed by atoms with E-state index >= 15 is 0 Å². The number of rotatable bonds is 4. The number of aromatic amines is 1. The standard InChI is InChI=1S/C20H16N2O4/c23-20(15-3-5-17-14(11-15)7-9-21-17)22-8-1-2-10-24-16-4-6-18-19(12-16)26-13-25-18/h3-7,9,11-12,21H,8,10,13H2,(H,22,23). The molecule has 0 saturated carbocycles. The lowest BCUT2D eigenvalue weighted by atomic mass is 10.1. The van der Waals surface area contributed by atoms with Gasteiger partial charge in [-0.05, 0) is 36.4 Å². The molecule has 0 fully saturated rings. The van der Waals surface area contributed by atoms with Crippen LogP contribution >= 0.6 is 0 Å². The Morgan fingerprint density at radius 3 is 3.00 bits per heavy atom. The molecule has 6 nitrogen and oxygen atoms in total. The fourth-order valence-corrected chi connectivity index (χ4v) is 2.62. The summed E-state index contributed by atoms with van der Waals surface area (Å²) in [6, 6.07) is 12.8. The van der Waals surface area contributed by atoms with Gasteiger partial charge in [-0.3, -0.25) is 4.79 Å². The first-order valence-electron chi connectivity index (χ1n) is 8.13. The van der Waals surface area contributed by atoms with Gasteiger partial charge in [-0.25, -0.2) is 0 Å². The lowest BCUT2D eigenvalue weighted by Crippen LogP contribution is -2.23. The summed E-state index contributed by atoms with van der Waals surface area (Å²) in [5.41, 5.74) is 1.61. The van der Waals surface area contributed by atoms with E-state index in [0.717, 1.165) is 10.9 Å². The van der Waals surface area contributed by atoms with Crippen molar-refractivity contribution in [3.63, 3.8) is 0 Å². The van der Waals surface area contributed by atoms with Crippen molar-refractivity contribution in [2.45, 2.75) is 0 Å². The average Bonchev–Trinajstić information content (AvgIpc) is 3.32. The van der Waals surface area contributed by atoms with Gasteiger partial charge in [0.2, 0.25) is 6.79 Å². The summed E-state index contributed by atoms with van der Waals surface area (Å²) in [6.07, 6.45) is 1.85. The van der Waals surface area contributed by atoms with E-state index in [1.165, 1.54) is 0 Å². The maximum Gasteiger partial charge on any atom is 0.252 e. The smallest absolute Gasteiger partial charge is 0.252 e. The molecular weight excluding hydrogens is 332 g/mol. The molecule has 0 bridgehead atoms. The second kappa shape index (κ2) is 7.11. The van der Waals surface area contributed by atoms with E-state index < -0.39 is 0 Å². The summed E-state index contributed by atoms with van der Waals surface area (Å²) in [5.74, 6) is 7.63. The van der Waals surface area contributed by atoms with Crippen LogP contribution in [0.25, 0.3) is 10.9 Å². The number of benzene rings is 2. The van der Waals surface area contributed by atoms with Crippen LogP contribution in [0.3, 0.4) is 0 Å². The summed E-state index contributed by atoms with van der Waals surface area (Å²) < 4.78 is 16.1. The van der Waals surface area contributed by atoms with Gasteiger partial charge < -0.3 is 24.5 Å². The lowest BCUT2D eigenvalue weighted by molar-refractivity contribution is 0.0959. The van der Waals surface area contributed by atoms with Gasteiger partial charge in [0.05, 0.1) is 6.54 Å². The molecule has 0 atom stereocenters. The Morgan fingerprint density at radius 1 is 1.12 bits per heavy atom. The SMILES string of the molecule is O=C(NCC#CCOc1ccc2c(c1)OCO2)c1ccc2[nH]ccc2c1. The maximum absolute atomic E-state index is 12.1. The Balaban J connectivity index is 1.25. The van der Waals surface area contributed by atoms with Crippen molar-refractivity contribution in [1.82, 2.24) is 10.3 Å². The number of aromatic nitrogens is 1. The number of hydrogen-bond donors (Lipinski definition) is 2. The number of carbonyl (C=O) groups excluding carboxylic acids is 1. The van der Waals surface area contributed by atoms with Crippen molar-refractivity contribution in [2.75, 3.05) is 19.9 Å². The summed E-state index contributed by atoms with van der Waals surface area (Å²) in [7, 11) is 0. The number of carbonyl (C=O) groups is 1. The molecule has 0 saturated heterocycles. The van der Waals surface area contributed by atoms with Crippen molar-refractivity contribution in [1.29, 1.82) is 0 Å². The third-order valence-electron chi connectivity index (χ3n) is 3.93. The van der Waals surface area contributed by atoms with E-state index in [0.29, 0.717) is 22.8 Å². The molecule has 0 radical (unpaired) electrons. The number of hydrogen-bond acceptors (Lipinski definition) is 4. The highest BCUT2D eigenvalue weighted by Crippen LogP contribution is 2.34. The zero-order valence-corrected chi connectivity index (χ0v) is 13.9. The molecular formula is C20H16N2O4. The van der Waals surface area contributed by atoms with Gasteiger partial charge in [-0.15, -0.1) is 0 Å². The van der Waals surface area contributed by atoms with Gasteiger partial charge in [-0.1, -0.05) is 11.8 Å². The minimum Gasteiger partial charge on any atom is -0.481 e. The highest BCUT2D eigenvalue weighted by Gasteiger charge is 2.13. The number of amides is 1. The topological polar surface area (TPSA) is 72.6 Å². The molecule has 1 amide bonds. The number of nitrogens with one attached hydrogen (secondary N) is 2. The van der Waals surface area contributed by atoms with E-state index in [4.69, 9.17) is 14.2 Å². The number of H-pyrrole nitrogens is 1. The van der Waals surface area contributed by atoms with Crippen molar-refractivity contribution in [3.8, 4) is 29.1 Å². The van der Waals surface area contributed by atoms with Gasteiger partial charge in [0.25, 0.3) is 5.91 Å². The van der Waals surface area contributed by atoms with Crippen molar-refractivity contribution >= 4 is 16.8 Å². The first-order valence-corrected chi connectivity index (χ1v) is 8.13. The van der Waals surface area contributed by atoms with Crippen molar-refractivity contribution in [2.24, 2.45) is 0 Å². The molecule has 130 valence electrons. The van der Waals surface area contributed by atoms with Crippen LogP contribution in [0.1, 0.15) is 10.4 Å². The first-order chi connectivity index (χ1) is 12.8. The fourth-order valence-electron chi connectivity index (χ4n) is 2.62. The molecule has 2 aromatic carbocycles. The van der Waals surface area contributed by atoms with Crippen LogP contribution in [0, 0.1) is 11.8 Å². The van der Waals surface area contributed by atoms with E-state index in [2.05, 4.69) is 22.1 Å².